The normalized spacial score (nSPS) is 10.0. The van der Waals surface area contributed by atoms with Gasteiger partial charge in [-0.3, -0.25) is 0 Å². The van der Waals surface area contributed by atoms with Gasteiger partial charge in [-0.05, 0) is 19.0 Å². The van der Waals surface area contributed by atoms with Crippen molar-refractivity contribution in [1.29, 1.82) is 0 Å². The Morgan fingerprint density at radius 1 is 1.50 bits per heavy atom. The molecule has 1 heterocycles. The number of hydrogen-bond acceptors (Lipinski definition) is 5. The topological polar surface area (TPSA) is 63.4 Å². The Hall–Kier alpha value is -1.49. The highest BCUT2D eigenvalue weighted by Gasteiger charge is 2.10. The number of ether oxygens (including phenoxy) is 1. The number of methoxy groups -OCH3 is 1. The van der Waals surface area contributed by atoms with E-state index in [0.29, 0.717) is 12.4 Å². The molecule has 0 aromatic carbocycles. The van der Waals surface area contributed by atoms with Crippen molar-refractivity contribution in [3.8, 4) is 5.88 Å². The second kappa shape index (κ2) is 6.17. The molecule has 5 nitrogen and oxygen atoms in total. The van der Waals surface area contributed by atoms with Crippen LogP contribution in [0.1, 0.15) is 6.42 Å². The molecule has 0 radical (unpaired) electrons. The average molecular weight is 224 g/mol. The second-order valence-corrected chi connectivity index (χ2v) is 3.68. The lowest BCUT2D eigenvalue weighted by Gasteiger charge is -2.19. The summed E-state index contributed by atoms with van der Waals surface area (Å²) in [5.41, 5.74) is 7.44. The van der Waals surface area contributed by atoms with Gasteiger partial charge in [0.05, 0.1) is 12.8 Å². The Kier molecular flexibility index (Phi) is 4.85. The molecule has 1 aromatic heterocycles. The summed E-state index contributed by atoms with van der Waals surface area (Å²) in [5.74, 6) is 0.614. The van der Waals surface area contributed by atoms with Gasteiger partial charge in [-0.2, -0.15) is 0 Å². The minimum absolute atomic E-state index is 0.614. The van der Waals surface area contributed by atoms with Crippen LogP contribution in [-0.4, -0.2) is 39.3 Å². The van der Waals surface area contributed by atoms with Crippen LogP contribution in [0.5, 0.6) is 5.88 Å². The summed E-state index contributed by atoms with van der Waals surface area (Å²) in [6.07, 6.45) is 2.66. The van der Waals surface area contributed by atoms with Crippen molar-refractivity contribution < 1.29 is 4.74 Å². The molecule has 1 aromatic rings. The Morgan fingerprint density at radius 2 is 2.25 bits per heavy atom. The maximum Gasteiger partial charge on any atom is 0.239 e. The SMILES string of the molecule is COc1nccc(N(C)C)c1NCCCN. The van der Waals surface area contributed by atoms with E-state index >= 15 is 0 Å². The molecule has 0 aliphatic heterocycles. The van der Waals surface area contributed by atoms with Crippen LogP contribution in [-0.2, 0) is 0 Å². The minimum Gasteiger partial charge on any atom is -0.479 e. The van der Waals surface area contributed by atoms with Crippen LogP contribution < -0.4 is 20.7 Å². The molecule has 3 N–H and O–H groups in total. The first kappa shape index (κ1) is 12.6. The van der Waals surface area contributed by atoms with Crippen molar-refractivity contribution >= 4 is 11.4 Å². The summed E-state index contributed by atoms with van der Waals surface area (Å²) < 4.78 is 5.24. The van der Waals surface area contributed by atoms with Gasteiger partial charge < -0.3 is 20.7 Å². The molecule has 90 valence electrons. The van der Waals surface area contributed by atoms with Gasteiger partial charge >= 0.3 is 0 Å². The van der Waals surface area contributed by atoms with Gasteiger partial charge in [-0.1, -0.05) is 0 Å². The zero-order valence-corrected chi connectivity index (χ0v) is 10.2. The van der Waals surface area contributed by atoms with Crippen molar-refractivity contribution in [3.63, 3.8) is 0 Å². The predicted molar refractivity (Wildman–Crippen MR) is 67.3 cm³/mol. The van der Waals surface area contributed by atoms with Gasteiger partial charge in [-0.25, -0.2) is 4.98 Å². The summed E-state index contributed by atoms with van der Waals surface area (Å²) in [6, 6.07) is 1.95. The second-order valence-electron chi connectivity index (χ2n) is 3.68. The standard InChI is InChI=1S/C11H20N4O/c1-15(2)9-5-8-14-11(16-3)10(9)13-7-4-6-12/h5,8,13H,4,6-7,12H2,1-3H3. The van der Waals surface area contributed by atoms with E-state index in [-0.39, 0.29) is 0 Å². The van der Waals surface area contributed by atoms with Crippen LogP contribution in [0, 0.1) is 0 Å². The van der Waals surface area contributed by atoms with E-state index in [1.54, 1.807) is 13.3 Å². The Morgan fingerprint density at radius 3 is 2.81 bits per heavy atom. The Labute approximate surface area is 96.6 Å². The van der Waals surface area contributed by atoms with Gasteiger partial charge in [0, 0.05) is 26.8 Å². The largest absolute Gasteiger partial charge is 0.479 e. The number of nitrogens with one attached hydrogen (secondary N) is 1. The van der Waals surface area contributed by atoms with Crippen LogP contribution in [0.2, 0.25) is 0 Å². The molecule has 0 fully saturated rings. The average Bonchev–Trinajstić information content (AvgIpc) is 2.29. The third-order valence-corrected chi connectivity index (χ3v) is 2.25. The first-order valence-corrected chi connectivity index (χ1v) is 5.35. The van der Waals surface area contributed by atoms with Crippen molar-refractivity contribution in [2.24, 2.45) is 5.73 Å². The molecule has 0 spiro atoms. The number of pyridine rings is 1. The molecule has 0 unspecified atom stereocenters. The monoisotopic (exact) mass is 224 g/mol. The summed E-state index contributed by atoms with van der Waals surface area (Å²) in [4.78, 5) is 6.20. The molecule has 0 aliphatic rings. The zero-order chi connectivity index (χ0) is 12.0. The maximum atomic E-state index is 5.46. The summed E-state index contributed by atoms with van der Waals surface area (Å²) in [5, 5.41) is 3.31. The van der Waals surface area contributed by atoms with E-state index in [1.807, 2.05) is 25.1 Å². The number of hydrogen-bond donors (Lipinski definition) is 2. The first-order chi connectivity index (χ1) is 7.70. The molecule has 0 amide bonds. The highest BCUT2D eigenvalue weighted by atomic mass is 16.5. The van der Waals surface area contributed by atoms with Gasteiger partial charge in [0.1, 0.15) is 5.69 Å². The summed E-state index contributed by atoms with van der Waals surface area (Å²) in [6.45, 7) is 1.49. The first-order valence-electron chi connectivity index (χ1n) is 5.35. The number of nitrogens with zero attached hydrogens (tertiary/aromatic N) is 2. The lowest BCUT2D eigenvalue weighted by molar-refractivity contribution is 0.400. The predicted octanol–water partition coefficient (Wildman–Crippen LogP) is 0.917. The summed E-state index contributed by atoms with van der Waals surface area (Å²) >= 11 is 0. The number of rotatable bonds is 6. The summed E-state index contributed by atoms with van der Waals surface area (Å²) in [7, 11) is 5.60. The zero-order valence-electron chi connectivity index (χ0n) is 10.2. The van der Waals surface area contributed by atoms with Crippen LogP contribution in [0.15, 0.2) is 12.3 Å². The molecule has 1 rings (SSSR count). The van der Waals surface area contributed by atoms with E-state index in [0.717, 1.165) is 24.3 Å². The van der Waals surface area contributed by atoms with Crippen molar-refractivity contribution in [3.05, 3.63) is 12.3 Å². The molecule has 16 heavy (non-hydrogen) atoms. The molecule has 5 heteroatoms. The number of nitrogens with two attached hydrogens (primary N) is 1. The minimum atomic E-state index is 0.614. The van der Waals surface area contributed by atoms with E-state index < -0.39 is 0 Å². The fourth-order valence-corrected chi connectivity index (χ4v) is 1.44. The Bertz CT molecular complexity index is 328. The van der Waals surface area contributed by atoms with Crippen molar-refractivity contribution in [2.75, 3.05) is 44.5 Å². The molecule has 0 saturated heterocycles. The van der Waals surface area contributed by atoms with Crippen LogP contribution >= 0.6 is 0 Å². The van der Waals surface area contributed by atoms with Crippen LogP contribution in [0.3, 0.4) is 0 Å². The molecule has 0 atom stereocenters. The maximum absolute atomic E-state index is 5.46. The highest BCUT2D eigenvalue weighted by molar-refractivity contribution is 5.74. The van der Waals surface area contributed by atoms with E-state index in [4.69, 9.17) is 10.5 Å². The van der Waals surface area contributed by atoms with Gasteiger partial charge in [-0.15, -0.1) is 0 Å². The van der Waals surface area contributed by atoms with E-state index in [1.165, 1.54) is 0 Å². The molecule has 0 aliphatic carbocycles. The number of anilines is 2. The van der Waals surface area contributed by atoms with E-state index in [9.17, 15) is 0 Å². The molecular formula is C11H20N4O. The smallest absolute Gasteiger partial charge is 0.239 e. The fourth-order valence-electron chi connectivity index (χ4n) is 1.44. The lowest BCUT2D eigenvalue weighted by Crippen LogP contribution is -2.15. The Balaban J connectivity index is 2.91. The van der Waals surface area contributed by atoms with Crippen LogP contribution in [0.25, 0.3) is 0 Å². The van der Waals surface area contributed by atoms with Crippen molar-refractivity contribution in [2.45, 2.75) is 6.42 Å². The van der Waals surface area contributed by atoms with Crippen molar-refractivity contribution in [1.82, 2.24) is 4.98 Å². The van der Waals surface area contributed by atoms with Gasteiger partial charge in [0.2, 0.25) is 5.88 Å². The fraction of sp³-hybridized carbons (Fsp3) is 0.545. The quantitative estimate of drug-likeness (QED) is 0.703. The van der Waals surface area contributed by atoms with Gasteiger partial charge in [0.25, 0.3) is 0 Å². The lowest BCUT2D eigenvalue weighted by atomic mass is 10.3. The number of aromatic nitrogens is 1. The third-order valence-electron chi connectivity index (χ3n) is 2.25. The highest BCUT2D eigenvalue weighted by Crippen LogP contribution is 2.31. The molecule has 0 bridgehead atoms. The van der Waals surface area contributed by atoms with Gasteiger partial charge in [0.15, 0.2) is 0 Å². The molecular weight excluding hydrogens is 204 g/mol. The van der Waals surface area contributed by atoms with Crippen LogP contribution in [0.4, 0.5) is 11.4 Å². The molecule has 0 saturated carbocycles. The third kappa shape index (κ3) is 3.00. The van der Waals surface area contributed by atoms with E-state index in [2.05, 4.69) is 10.3 Å².